The van der Waals surface area contributed by atoms with Gasteiger partial charge in [0.05, 0.1) is 12.5 Å². The molecule has 2 N–H and O–H groups in total. The topological polar surface area (TPSA) is 75.9 Å². The molecular weight excluding hydrogens is 290 g/mol. The van der Waals surface area contributed by atoms with Gasteiger partial charge in [0.15, 0.2) is 5.11 Å². The second-order valence-electron chi connectivity index (χ2n) is 3.88. The average Bonchev–Trinajstić information content (AvgIpc) is 3.03. The molecule has 2 rings (SSSR count). The summed E-state index contributed by atoms with van der Waals surface area (Å²) in [6.07, 6.45) is 3.01. The van der Waals surface area contributed by atoms with E-state index in [-0.39, 0.29) is 5.76 Å². The molecular formula is C14H13N3O3S. The van der Waals surface area contributed by atoms with Gasteiger partial charge in [-0.1, -0.05) is 0 Å². The molecule has 0 bridgehead atoms. The fourth-order valence-corrected chi connectivity index (χ4v) is 1.45. The average molecular weight is 303 g/mol. The number of nitrogens with zero attached hydrogens (tertiary/aromatic N) is 1. The summed E-state index contributed by atoms with van der Waals surface area (Å²) in [5.41, 5.74) is 3.47. The van der Waals surface area contributed by atoms with E-state index in [9.17, 15) is 4.79 Å². The van der Waals surface area contributed by atoms with Crippen LogP contribution in [0.1, 0.15) is 16.1 Å². The van der Waals surface area contributed by atoms with Crippen molar-refractivity contribution in [3.8, 4) is 5.75 Å². The Morgan fingerprint density at radius 3 is 2.71 bits per heavy atom. The Labute approximate surface area is 126 Å². The highest BCUT2D eigenvalue weighted by Crippen LogP contribution is 2.13. The summed E-state index contributed by atoms with van der Waals surface area (Å²) in [4.78, 5) is 11.7. The molecule has 1 aromatic carbocycles. The number of hydrazone groups is 1. The summed E-state index contributed by atoms with van der Waals surface area (Å²) in [5.74, 6) is 0.0418. The van der Waals surface area contributed by atoms with Gasteiger partial charge in [-0.15, -0.1) is 0 Å². The Hall–Kier alpha value is -2.67. The zero-order valence-corrected chi connectivity index (χ0v) is 12.0. The van der Waals surface area contributed by atoms with Crippen molar-refractivity contribution >= 4 is 29.5 Å². The SMILES string of the molecule is CNC(=S)N/N=C/c1ccc(OC(=O)c2ccco2)cc1. The van der Waals surface area contributed by atoms with Crippen molar-refractivity contribution in [2.45, 2.75) is 0 Å². The maximum atomic E-state index is 11.7. The van der Waals surface area contributed by atoms with Gasteiger partial charge >= 0.3 is 5.97 Å². The van der Waals surface area contributed by atoms with Gasteiger partial charge in [0.2, 0.25) is 5.76 Å². The van der Waals surface area contributed by atoms with Gasteiger partial charge < -0.3 is 14.5 Å². The van der Waals surface area contributed by atoms with Crippen LogP contribution in [0.2, 0.25) is 0 Å². The lowest BCUT2D eigenvalue weighted by atomic mass is 10.2. The zero-order chi connectivity index (χ0) is 15.1. The Bertz CT molecular complexity index is 636. The summed E-state index contributed by atoms with van der Waals surface area (Å²) < 4.78 is 10.1. The van der Waals surface area contributed by atoms with Crippen LogP contribution >= 0.6 is 12.2 Å². The fourth-order valence-electron chi connectivity index (χ4n) is 1.40. The lowest BCUT2D eigenvalue weighted by Crippen LogP contribution is -2.28. The van der Waals surface area contributed by atoms with E-state index in [4.69, 9.17) is 21.4 Å². The van der Waals surface area contributed by atoms with E-state index < -0.39 is 5.97 Å². The van der Waals surface area contributed by atoms with Crippen LogP contribution in [-0.4, -0.2) is 24.3 Å². The van der Waals surface area contributed by atoms with Gasteiger partial charge in [-0.05, 0) is 54.2 Å². The lowest BCUT2D eigenvalue weighted by Gasteiger charge is -2.02. The Balaban J connectivity index is 1.93. The monoisotopic (exact) mass is 303 g/mol. The molecule has 1 aromatic heterocycles. The Kier molecular flexibility index (Phi) is 5.05. The minimum absolute atomic E-state index is 0.158. The van der Waals surface area contributed by atoms with Gasteiger partial charge in [-0.3, -0.25) is 5.43 Å². The molecule has 0 saturated carbocycles. The number of ether oxygens (including phenoxy) is 1. The quantitative estimate of drug-likeness (QED) is 0.295. The van der Waals surface area contributed by atoms with Crippen LogP contribution in [0, 0.1) is 0 Å². The van der Waals surface area contributed by atoms with Gasteiger partial charge in [-0.25, -0.2) is 4.79 Å². The molecule has 0 aliphatic heterocycles. The molecule has 0 unspecified atom stereocenters. The number of hydrogen-bond acceptors (Lipinski definition) is 5. The first-order valence-corrected chi connectivity index (χ1v) is 6.46. The van der Waals surface area contributed by atoms with Gasteiger partial charge in [0, 0.05) is 7.05 Å². The second-order valence-corrected chi connectivity index (χ2v) is 4.29. The third kappa shape index (κ3) is 4.43. The highest BCUT2D eigenvalue weighted by molar-refractivity contribution is 7.80. The normalized spacial score (nSPS) is 10.3. The molecule has 21 heavy (non-hydrogen) atoms. The molecule has 0 radical (unpaired) electrons. The number of hydrogen-bond donors (Lipinski definition) is 2. The fraction of sp³-hybridized carbons (Fsp3) is 0.0714. The number of thiocarbonyl (C=S) groups is 1. The Morgan fingerprint density at radius 2 is 2.10 bits per heavy atom. The summed E-state index contributed by atoms with van der Waals surface area (Å²) >= 11 is 4.88. The molecule has 0 spiro atoms. The number of carbonyl (C=O) groups is 1. The highest BCUT2D eigenvalue weighted by atomic mass is 32.1. The van der Waals surface area contributed by atoms with Crippen LogP contribution in [0.3, 0.4) is 0 Å². The van der Waals surface area contributed by atoms with E-state index in [2.05, 4.69) is 15.8 Å². The molecule has 0 saturated heterocycles. The molecule has 0 fully saturated rings. The smallest absolute Gasteiger partial charge is 0.379 e. The first kappa shape index (κ1) is 14.7. The van der Waals surface area contributed by atoms with E-state index in [1.165, 1.54) is 6.26 Å². The van der Waals surface area contributed by atoms with Crippen LogP contribution < -0.4 is 15.5 Å². The number of carbonyl (C=O) groups excluding carboxylic acids is 1. The van der Waals surface area contributed by atoms with E-state index in [1.807, 2.05) is 0 Å². The summed E-state index contributed by atoms with van der Waals surface area (Å²) in [6, 6.07) is 10.0. The van der Waals surface area contributed by atoms with Gasteiger partial charge in [0.25, 0.3) is 0 Å². The van der Waals surface area contributed by atoms with Crippen molar-refractivity contribution in [3.63, 3.8) is 0 Å². The maximum absolute atomic E-state index is 11.7. The van der Waals surface area contributed by atoms with Crippen LogP contribution in [0.5, 0.6) is 5.75 Å². The van der Waals surface area contributed by atoms with E-state index >= 15 is 0 Å². The minimum atomic E-state index is -0.539. The van der Waals surface area contributed by atoms with E-state index in [1.54, 1.807) is 49.7 Å². The highest BCUT2D eigenvalue weighted by Gasteiger charge is 2.10. The number of nitrogens with one attached hydrogen (secondary N) is 2. The van der Waals surface area contributed by atoms with E-state index in [0.717, 1.165) is 5.56 Å². The maximum Gasteiger partial charge on any atom is 0.379 e. The largest absolute Gasteiger partial charge is 0.457 e. The predicted octanol–water partition coefficient (Wildman–Crippen LogP) is 1.93. The predicted molar refractivity (Wildman–Crippen MR) is 82.5 cm³/mol. The standard InChI is InChI=1S/C14H13N3O3S/c1-15-14(21)17-16-9-10-4-6-11(7-5-10)20-13(18)12-3-2-8-19-12/h2-9H,1H3,(H2,15,17,21)/b16-9+. The number of esters is 1. The van der Waals surface area contributed by atoms with Gasteiger partial charge in [0.1, 0.15) is 5.75 Å². The molecule has 2 aromatic rings. The minimum Gasteiger partial charge on any atom is -0.457 e. The van der Waals surface area contributed by atoms with Crippen molar-refractivity contribution in [1.82, 2.24) is 10.7 Å². The van der Waals surface area contributed by atoms with Crippen molar-refractivity contribution in [1.29, 1.82) is 0 Å². The third-order valence-electron chi connectivity index (χ3n) is 2.42. The second kappa shape index (κ2) is 7.20. The zero-order valence-electron chi connectivity index (χ0n) is 11.2. The van der Waals surface area contributed by atoms with E-state index in [0.29, 0.717) is 10.9 Å². The number of benzene rings is 1. The lowest BCUT2D eigenvalue weighted by molar-refractivity contribution is 0.0701. The third-order valence-corrected chi connectivity index (χ3v) is 2.72. The molecule has 6 nitrogen and oxygen atoms in total. The van der Waals surface area contributed by atoms with Crippen molar-refractivity contribution in [2.24, 2.45) is 5.10 Å². The Morgan fingerprint density at radius 1 is 1.33 bits per heavy atom. The number of furan rings is 1. The molecule has 1 heterocycles. The summed E-state index contributed by atoms with van der Waals surface area (Å²) in [5, 5.41) is 7.10. The van der Waals surface area contributed by atoms with Crippen LogP contribution in [-0.2, 0) is 0 Å². The van der Waals surface area contributed by atoms with Crippen molar-refractivity contribution in [2.75, 3.05) is 7.05 Å². The molecule has 0 amide bonds. The van der Waals surface area contributed by atoms with Crippen LogP contribution in [0.25, 0.3) is 0 Å². The van der Waals surface area contributed by atoms with Crippen molar-refractivity contribution in [3.05, 3.63) is 54.0 Å². The summed E-state index contributed by atoms with van der Waals surface area (Å²) in [6.45, 7) is 0. The molecule has 108 valence electrons. The summed E-state index contributed by atoms with van der Waals surface area (Å²) in [7, 11) is 1.70. The number of rotatable bonds is 4. The van der Waals surface area contributed by atoms with Crippen molar-refractivity contribution < 1.29 is 13.9 Å². The van der Waals surface area contributed by atoms with Gasteiger partial charge in [-0.2, -0.15) is 5.10 Å². The molecule has 0 aliphatic rings. The molecule has 7 heteroatoms. The first-order valence-electron chi connectivity index (χ1n) is 6.05. The molecule has 0 atom stereocenters. The first-order chi connectivity index (χ1) is 10.2. The van der Waals surface area contributed by atoms with Crippen LogP contribution in [0.4, 0.5) is 0 Å². The van der Waals surface area contributed by atoms with Crippen LogP contribution in [0.15, 0.2) is 52.2 Å². The molecule has 0 aliphatic carbocycles.